The quantitative estimate of drug-likeness (QED) is 0.852. The van der Waals surface area contributed by atoms with Gasteiger partial charge in [0.2, 0.25) is 10.0 Å². The summed E-state index contributed by atoms with van der Waals surface area (Å²) in [5.41, 5.74) is 0. The highest BCUT2D eigenvalue weighted by Crippen LogP contribution is 2.36. The Bertz CT molecular complexity index is 604. The molecule has 0 aliphatic rings. The van der Waals surface area contributed by atoms with Gasteiger partial charge < -0.3 is 9.84 Å². The van der Waals surface area contributed by atoms with Crippen LogP contribution >= 0.6 is 27.5 Å². The minimum Gasteiger partial charge on any atom is -0.494 e. The van der Waals surface area contributed by atoms with E-state index in [1.54, 1.807) is 0 Å². The molecule has 0 saturated heterocycles. The first-order valence-corrected chi connectivity index (χ1v) is 7.52. The lowest BCUT2D eigenvalue weighted by Gasteiger charge is -2.18. The van der Waals surface area contributed by atoms with Crippen LogP contribution in [0.25, 0.3) is 0 Å². The molecule has 0 aliphatic heterocycles. The molecule has 19 heavy (non-hydrogen) atoms. The molecule has 6 nitrogen and oxygen atoms in total. The van der Waals surface area contributed by atoms with Crippen LogP contribution in [0.4, 0.5) is 0 Å². The van der Waals surface area contributed by atoms with Crippen molar-refractivity contribution < 1.29 is 23.1 Å². The van der Waals surface area contributed by atoms with E-state index in [1.807, 2.05) is 0 Å². The van der Waals surface area contributed by atoms with Crippen LogP contribution in [0.2, 0.25) is 5.02 Å². The number of likely N-dealkylation sites (N-methyl/N-ethyl adjacent to an activating group) is 1. The number of rotatable bonds is 5. The summed E-state index contributed by atoms with van der Waals surface area (Å²) in [6, 6.07) is 2.69. The largest absolute Gasteiger partial charge is 0.494 e. The van der Waals surface area contributed by atoms with Crippen molar-refractivity contribution in [2.75, 3.05) is 20.7 Å². The van der Waals surface area contributed by atoms with Crippen molar-refractivity contribution in [1.29, 1.82) is 0 Å². The van der Waals surface area contributed by atoms with Crippen LogP contribution in [0.15, 0.2) is 21.5 Å². The summed E-state index contributed by atoms with van der Waals surface area (Å²) < 4.78 is 30.6. The molecule has 0 radical (unpaired) electrons. The van der Waals surface area contributed by atoms with E-state index in [1.165, 1.54) is 19.2 Å². The van der Waals surface area contributed by atoms with Gasteiger partial charge in [0.25, 0.3) is 0 Å². The van der Waals surface area contributed by atoms with Gasteiger partial charge in [-0.15, -0.1) is 0 Å². The van der Waals surface area contributed by atoms with E-state index in [0.717, 1.165) is 7.05 Å². The molecule has 0 spiro atoms. The lowest BCUT2D eigenvalue weighted by molar-refractivity contribution is -0.137. The molecule has 1 N–H and O–H groups in total. The molecule has 0 saturated carbocycles. The smallest absolute Gasteiger partial charge is 0.318 e. The minimum absolute atomic E-state index is 0.0710. The molecule has 0 fully saturated rings. The van der Waals surface area contributed by atoms with Crippen molar-refractivity contribution >= 4 is 43.5 Å². The number of carboxylic acids is 1. The summed E-state index contributed by atoms with van der Waals surface area (Å²) in [4.78, 5) is 10.4. The number of methoxy groups -OCH3 is 1. The SMILES string of the molecule is COc1c(Br)cc(Cl)cc1S(=O)(=O)N(C)CC(=O)O. The van der Waals surface area contributed by atoms with Gasteiger partial charge in [0.15, 0.2) is 5.75 Å². The molecule has 1 rings (SSSR count). The van der Waals surface area contributed by atoms with Crippen molar-refractivity contribution in [3.05, 3.63) is 21.6 Å². The Kier molecular flexibility index (Phi) is 5.19. The third-order valence-corrected chi connectivity index (χ3v) is 4.84. The van der Waals surface area contributed by atoms with Gasteiger partial charge in [-0.25, -0.2) is 8.42 Å². The average molecular weight is 373 g/mol. The number of hydrogen-bond donors (Lipinski definition) is 1. The molecule has 0 atom stereocenters. The van der Waals surface area contributed by atoms with Crippen molar-refractivity contribution in [1.82, 2.24) is 4.31 Å². The van der Waals surface area contributed by atoms with Gasteiger partial charge in [-0.2, -0.15) is 4.31 Å². The van der Waals surface area contributed by atoms with Crippen LogP contribution in [0.1, 0.15) is 0 Å². The summed E-state index contributed by atoms with van der Waals surface area (Å²) in [6.07, 6.45) is 0. The first-order valence-electron chi connectivity index (χ1n) is 4.91. The summed E-state index contributed by atoms with van der Waals surface area (Å²) in [6.45, 7) is -0.657. The van der Waals surface area contributed by atoms with E-state index < -0.39 is 22.5 Å². The van der Waals surface area contributed by atoms with Crippen LogP contribution in [-0.4, -0.2) is 44.5 Å². The average Bonchev–Trinajstić information content (AvgIpc) is 2.26. The van der Waals surface area contributed by atoms with Gasteiger partial charge in [-0.3, -0.25) is 4.79 Å². The maximum Gasteiger partial charge on any atom is 0.318 e. The van der Waals surface area contributed by atoms with Crippen LogP contribution in [-0.2, 0) is 14.8 Å². The van der Waals surface area contributed by atoms with E-state index in [2.05, 4.69) is 15.9 Å². The Morgan fingerprint density at radius 3 is 2.58 bits per heavy atom. The zero-order chi connectivity index (χ0) is 14.8. The van der Waals surface area contributed by atoms with Gasteiger partial charge >= 0.3 is 5.97 Å². The molecule has 0 bridgehead atoms. The molecule has 0 heterocycles. The molecular formula is C10H11BrClNO5S. The maximum atomic E-state index is 12.3. The second-order valence-electron chi connectivity index (χ2n) is 3.57. The second-order valence-corrected chi connectivity index (χ2v) is 6.88. The number of sulfonamides is 1. The van der Waals surface area contributed by atoms with Gasteiger partial charge in [0.1, 0.15) is 11.4 Å². The lowest BCUT2D eigenvalue weighted by atomic mass is 10.3. The van der Waals surface area contributed by atoms with Crippen molar-refractivity contribution in [2.24, 2.45) is 0 Å². The number of carbonyl (C=O) groups is 1. The minimum atomic E-state index is -4.01. The maximum absolute atomic E-state index is 12.3. The third kappa shape index (κ3) is 3.59. The predicted molar refractivity (Wildman–Crippen MR) is 73.2 cm³/mol. The topological polar surface area (TPSA) is 83.9 Å². The molecule has 106 valence electrons. The Morgan fingerprint density at radius 1 is 1.53 bits per heavy atom. The van der Waals surface area contributed by atoms with Gasteiger partial charge in [0.05, 0.1) is 11.6 Å². The molecule has 0 aromatic heterocycles. The fourth-order valence-corrected chi connectivity index (χ4v) is 3.86. The standard InChI is InChI=1S/C10H11BrClNO5S/c1-13(5-9(14)15)19(16,17)8-4-6(12)3-7(11)10(8)18-2/h3-4H,5H2,1-2H3,(H,14,15). The molecule has 1 aromatic carbocycles. The first-order chi connectivity index (χ1) is 8.70. The van der Waals surface area contributed by atoms with Gasteiger partial charge in [-0.1, -0.05) is 11.6 Å². The van der Waals surface area contributed by atoms with Crippen LogP contribution in [0, 0.1) is 0 Å². The van der Waals surface area contributed by atoms with E-state index in [4.69, 9.17) is 21.4 Å². The van der Waals surface area contributed by atoms with E-state index in [-0.39, 0.29) is 15.7 Å². The third-order valence-electron chi connectivity index (χ3n) is 2.22. The Morgan fingerprint density at radius 2 is 2.11 bits per heavy atom. The zero-order valence-electron chi connectivity index (χ0n) is 10.1. The Hall–Kier alpha value is -0.830. The normalized spacial score (nSPS) is 11.6. The molecule has 0 amide bonds. The van der Waals surface area contributed by atoms with Crippen molar-refractivity contribution in [3.63, 3.8) is 0 Å². The Balaban J connectivity index is 3.39. The van der Waals surface area contributed by atoms with Crippen LogP contribution in [0.3, 0.4) is 0 Å². The fourth-order valence-electron chi connectivity index (χ4n) is 1.37. The van der Waals surface area contributed by atoms with E-state index in [0.29, 0.717) is 8.78 Å². The highest BCUT2D eigenvalue weighted by atomic mass is 79.9. The molecule has 1 aromatic rings. The highest BCUT2D eigenvalue weighted by Gasteiger charge is 2.28. The number of halogens is 2. The summed E-state index contributed by atoms with van der Waals surface area (Å²) in [7, 11) is -1.53. The van der Waals surface area contributed by atoms with Crippen molar-refractivity contribution in [3.8, 4) is 5.75 Å². The Labute approximate surface area is 124 Å². The van der Waals surface area contributed by atoms with E-state index >= 15 is 0 Å². The first kappa shape index (κ1) is 16.2. The monoisotopic (exact) mass is 371 g/mol. The molecular weight excluding hydrogens is 362 g/mol. The van der Waals surface area contributed by atoms with Crippen LogP contribution < -0.4 is 4.74 Å². The predicted octanol–water partition coefficient (Wildman–Crippen LogP) is 1.82. The summed E-state index contributed by atoms with van der Waals surface area (Å²) in [5, 5.41) is 8.85. The van der Waals surface area contributed by atoms with Crippen molar-refractivity contribution in [2.45, 2.75) is 4.90 Å². The van der Waals surface area contributed by atoms with Gasteiger partial charge in [-0.05, 0) is 28.1 Å². The van der Waals surface area contributed by atoms with Crippen LogP contribution in [0.5, 0.6) is 5.75 Å². The molecule has 0 unspecified atom stereocenters. The number of nitrogens with zero attached hydrogens (tertiary/aromatic N) is 1. The number of aliphatic carboxylic acids is 1. The number of benzene rings is 1. The summed E-state index contributed by atoms with van der Waals surface area (Å²) >= 11 is 8.95. The van der Waals surface area contributed by atoms with Gasteiger partial charge in [0, 0.05) is 12.1 Å². The lowest BCUT2D eigenvalue weighted by Crippen LogP contribution is -2.32. The zero-order valence-corrected chi connectivity index (χ0v) is 13.2. The highest BCUT2D eigenvalue weighted by molar-refractivity contribution is 9.10. The molecule has 9 heteroatoms. The number of ether oxygens (including phenoxy) is 1. The second kappa shape index (κ2) is 6.08. The number of carboxylic acid groups (broad SMARTS) is 1. The fraction of sp³-hybridized carbons (Fsp3) is 0.300. The summed E-state index contributed by atoms with van der Waals surface area (Å²) in [5.74, 6) is -1.19. The van der Waals surface area contributed by atoms with E-state index in [9.17, 15) is 13.2 Å². The molecule has 0 aliphatic carbocycles. The number of hydrogen-bond acceptors (Lipinski definition) is 4.